The highest BCUT2D eigenvalue weighted by Gasteiger charge is 2.19. The van der Waals surface area contributed by atoms with Gasteiger partial charge in [-0.3, -0.25) is 4.79 Å². The summed E-state index contributed by atoms with van der Waals surface area (Å²) in [5.41, 5.74) is 0.835. The Kier molecular flexibility index (Phi) is 4.74. The van der Waals surface area contributed by atoms with Crippen molar-refractivity contribution >= 4 is 15.9 Å². The molecule has 1 heterocycles. The Hall–Kier alpha value is -1.44. The van der Waals surface area contributed by atoms with Crippen LogP contribution in [-0.2, 0) is 21.4 Å². The van der Waals surface area contributed by atoms with Crippen LogP contribution in [0, 0.1) is 0 Å². The van der Waals surface area contributed by atoms with Crippen LogP contribution in [0.4, 0.5) is 0 Å². The molecular formula is C13H19N3O3S. The lowest BCUT2D eigenvalue weighted by molar-refractivity contribution is -0.123. The number of piperidine rings is 1. The van der Waals surface area contributed by atoms with Crippen molar-refractivity contribution in [3.05, 3.63) is 29.8 Å². The lowest BCUT2D eigenvalue weighted by Gasteiger charge is -2.22. The summed E-state index contributed by atoms with van der Waals surface area (Å²) in [6.07, 6.45) is 3.03. The van der Waals surface area contributed by atoms with E-state index in [1.807, 2.05) is 0 Å². The number of carbonyl (C=O) groups is 1. The Morgan fingerprint density at radius 1 is 1.30 bits per heavy atom. The molecule has 1 aromatic carbocycles. The summed E-state index contributed by atoms with van der Waals surface area (Å²) in [6.45, 7) is 1.25. The van der Waals surface area contributed by atoms with Crippen molar-refractivity contribution in [2.75, 3.05) is 6.54 Å². The van der Waals surface area contributed by atoms with E-state index in [-0.39, 0.29) is 16.8 Å². The van der Waals surface area contributed by atoms with Crippen LogP contribution in [0.5, 0.6) is 0 Å². The molecule has 1 aliphatic heterocycles. The van der Waals surface area contributed by atoms with E-state index >= 15 is 0 Å². The molecule has 0 aliphatic carbocycles. The molecule has 6 nitrogen and oxygen atoms in total. The minimum absolute atomic E-state index is 0.0137. The van der Waals surface area contributed by atoms with Gasteiger partial charge in [0, 0.05) is 6.54 Å². The van der Waals surface area contributed by atoms with Crippen LogP contribution >= 0.6 is 0 Å². The average Bonchev–Trinajstić information content (AvgIpc) is 2.45. The summed E-state index contributed by atoms with van der Waals surface area (Å²) in [6, 6.07) is 6.06. The van der Waals surface area contributed by atoms with Gasteiger partial charge in [0.25, 0.3) is 0 Å². The minimum Gasteiger partial charge on any atom is -0.351 e. The first-order chi connectivity index (χ1) is 9.47. The van der Waals surface area contributed by atoms with Crippen LogP contribution in [0.15, 0.2) is 29.2 Å². The molecule has 0 saturated carbocycles. The van der Waals surface area contributed by atoms with Gasteiger partial charge in [-0.15, -0.1) is 0 Å². The van der Waals surface area contributed by atoms with E-state index in [0.29, 0.717) is 6.54 Å². The van der Waals surface area contributed by atoms with Crippen molar-refractivity contribution in [1.29, 1.82) is 0 Å². The molecule has 20 heavy (non-hydrogen) atoms. The Labute approximate surface area is 118 Å². The fourth-order valence-electron chi connectivity index (χ4n) is 2.18. The third kappa shape index (κ3) is 4.03. The lowest BCUT2D eigenvalue weighted by atomic mass is 10.0. The number of nitrogens with one attached hydrogen (secondary N) is 2. The van der Waals surface area contributed by atoms with E-state index < -0.39 is 10.0 Å². The molecule has 0 aromatic heterocycles. The molecular weight excluding hydrogens is 278 g/mol. The van der Waals surface area contributed by atoms with Crippen molar-refractivity contribution in [3.63, 3.8) is 0 Å². The first kappa shape index (κ1) is 15.0. The summed E-state index contributed by atoms with van der Waals surface area (Å²) in [4.78, 5) is 12.0. The van der Waals surface area contributed by atoms with Crippen molar-refractivity contribution in [3.8, 4) is 0 Å². The van der Waals surface area contributed by atoms with Gasteiger partial charge in [0.2, 0.25) is 15.9 Å². The van der Waals surface area contributed by atoms with Crippen LogP contribution in [0.1, 0.15) is 24.8 Å². The van der Waals surface area contributed by atoms with Crippen molar-refractivity contribution < 1.29 is 13.2 Å². The number of rotatable bonds is 4. The molecule has 1 atom stereocenters. The molecule has 4 N–H and O–H groups in total. The van der Waals surface area contributed by atoms with Gasteiger partial charge in [-0.05, 0) is 37.1 Å². The van der Waals surface area contributed by atoms with Gasteiger partial charge in [-0.2, -0.15) is 0 Å². The molecule has 0 spiro atoms. The maximum atomic E-state index is 11.9. The van der Waals surface area contributed by atoms with E-state index in [1.165, 1.54) is 12.1 Å². The molecule has 2 rings (SSSR count). The summed E-state index contributed by atoms with van der Waals surface area (Å²) < 4.78 is 22.2. The number of nitrogens with two attached hydrogens (primary N) is 1. The molecule has 1 fully saturated rings. The van der Waals surface area contributed by atoms with Crippen molar-refractivity contribution in [1.82, 2.24) is 10.6 Å². The number of primary sulfonamides is 1. The second-order valence-electron chi connectivity index (χ2n) is 4.91. The van der Waals surface area contributed by atoms with Gasteiger partial charge in [0.15, 0.2) is 0 Å². The number of sulfonamides is 1. The summed E-state index contributed by atoms with van der Waals surface area (Å²) in [5.74, 6) is -0.0137. The smallest absolute Gasteiger partial charge is 0.238 e. The maximum absolute atomic E-state index is 11.9. The van der Waals surface area contributed by atoms with E-state index in [1.54, 1.807) is 12.1 Å². The third-order valence-corrected chi connectivity index (χ3v) is 4.27. The van der Waals surface area contributed by atoms with Crippen molar-refractivity contribution in [2.24, 2.45) is 5.14 Å². The number of amides is 1. The molecule has 1 unspecified atom stereocenters. The minimum atomic E-state index is -3.67. The Balaban J connectivity index is 1.89. The summed E-state index contributed by atoms with van der Waals surface area (Å²) in [5, 5.41) is 11.0. The maximum Gasteiger partial charge on any atom is 0.238 e. The SMILES string of the molecule is NS(=O)(=O)c1ccc(CNC(=O)C2CCCCN2)cc1. The Bertz CT molecular complexity index is 563. The van der Waals surface area contributed by atoms with Gasteiger partial charge < -0.3 is 10.6 Å². The first-order valence-electron chi connectivity index (χ1n) is 6.59. The van der Waals surface area contributed by atoms with Gasteiger partial charge in [-0.1, -0.05) is 18.6 Å². The molecule has 0 radical (unpaired) electrons. The molecule has 110 valence electrons. The fraction of sp³-hybridized carbons (Fsp3) is 0.462. The molecule has 0 bridgehead atoms. The second kappa shape index (κ2) is 6.34. The van der Waals surface area contributed by atoms with E-state index in [9.17, 15) is 13.2 Å². The standard InChI is InChI=1S/C13H19N3O3S/c14-20(18,19)11-6-4-10(5-7-11)9-16-13(17)12-3-1-2-8-15-12/h4-7,12,15H,1-3,8-9H2,(H,16,17)(H2,14,18,19). The zero-order chi connectivity index (χ0) is 14.6. The quantitative estimate of drug-likeness (QED) is 0.733. The average molecular weight is 297 g/mol. The molecule has 1 saturated heterocycles. The molecule has 1 aliphatic rings. The molecule has 1 amide bonds. The first-order valence-corrected chi connectivity index (χ1v) is 8.14. The lowest BCUT2D eigenvalue weighted by Crippen LogP contribution is -2.46. The van der Waals surface area contributed by atoms with E-state index in [0.717, 1.165) is 31.4 Å². The highest BCUT2D eigenvalue weighted by atomic mass is 32.2. The predicted octanol–water partition coefficient (Wildman–Crippen LogP) is 0.0923. The monoisotopic (exact) mass is 297 g/mol. The fourth-order valence-corrected chi connectivity index (χ4v) is 2.70. The van der Waals surface area contributed by atoms with Gasteiger partial charge in [0.05, 0.1) is 10.9 Å². The number of benzene rings is 1. The highest BCUT2D eigenvalue weighted by Crippen LogP contribution is 2.10. The zero-order valence-electron chi connectivity index (χ0n) is 11.1. The van der Waals surface area contributed by atoms with Crippen LogP contribution in [0.2, 0.25) is 0 Å². The van der Waals surface area contributed by atoms with E-state index in [2.05, 4.69) is 10.6 Å². The largest absolute Gasteiger partial charge is 0.351 e. The van der Waals surface area contributed by atoms with Crippen molar-refractivity contribution in [2.45, 2.75) is 36.7 Å². The van der Waals surface area contributed by atoms with Crippen LogP contribution in [0.3, 0.4) is 0 Å². The Morgan fingerprint density at radius 2 is 2.00 bits per heavy atom. The second-order valence-corrected chi connectivity index (χ2v) is 6.47. The number of hydrogen-bond acceptors (Lipinski definition) is 4. The number of hydrogen-bond donors (Lipinski definition) is 3. The van der Waals surface area contributed by atoms with Crippen LogP contribution in [0.25, 0.3) is 0 Å². The van der Waals surface area contributed by atoms with E-state index in [4.69, 9.17) is 5.14 Å². The zero-order valence-corrected chi connectivity index (χ0v) is 11.9. The van der Waals surface area contributed by atoms with Crippen LogP contribution < -0.4 is 15.8 Å². The molecule has 7 heteroatoms. The summed E-state index contributed by atoms with van der Waals surface area (Å²) >= 11 is 0. The van der Waals surface area contributed by atoms with Gasteiger partial charge >= 0.3 is 0 Å². The number of carbonyl (C=O) groups excluding carboxylic acids is 1. The topological polar surface area (TPSA) is 101 Å². The van der Waals surface area contributed by atoms with Gasteiger partial charge in [-0.25, -0.2) is 13.6 Å². The molecule has 1 aromatic rings. The highest BCUT2D eigenvalue weighted by molar-refractivity contribution is 7.89. The van der Waals surface area contributed by atoms with Gasteiger partial charge in [0.1, 0.15) is 0 Å². The Morgan fingerprint density at radius 3 is 2.55 bits per heavy atom. The summed E-state index contributed by atoms with van der Waals surface area (Å²) in [7, 11) is -3.67. The van der Waals surface area contributed by atoms with Crippen LogP contribution in [-0.4, -0.2) is 26.9 Å². The normalized spacial score (nSPS) is 19.6. The third-order valence-electron chi connectivity index (χ3n) is 3.35. The predicted molar refractivity (Wildman–Crippen MR) is 75.3 cm³/mol.